The monoisotopic (exact) mass is 319 g/mol. The highest BCUT2D eigenvalue weighted by molar-refractivity contribution is 6.01. The van der Waals surface area contributed by atoms with Crippen molar-refractivity contribution >= 4 is 17.5 Å². The van der Waals surface area contributed by atoms with Crippen LogP contribution in [-0.2, 0) is 4.79 Å². The smallest absolute Gasteiger partial charge is 0.275 e. The average molecular weight is 319 g/mol. The molecule has 7 nitrogen and oxygen atoms in total. The van der Waals surface area contributed by atoms with Crippen LogP contribution in [0.15, 0.2) is 36.0 Å². The fourth-order valence-electron chi connectivity index (χ4n) is 1.71. The van der Waals surface area contributed by atoms with Gasteiger partial charge in [0.25, 0.3) is 5.91 Å². The summed E-state index contributed by atoms with van der Waals surface area (Å²) in [5, 5.41) is 6.54. The number of ether oxygens (including phenoxy) is 2. The molecule has 1 aromatic carbocycles. The molecule has 0 aromatic heterocycles. The number of carbonyl (C=O) groups is 2. The van der Waals surface area contributed by atoms with Gasteiger partial charge in [-0.1, -0.05) is 6.08 Å². The first kappa shape index (κ1) is 18.2. The first-order valence-corrected chi connectivity index (χ1v) is 6.95. The summed E-state index contributed by atoms with van der Waals surface area (Å²) in [4.78, 5) is 23.6. The minimum Gasteiger partial charge on any atom is -0.497 e. The molecule has 0 saturated carbocycles. The Bertz CT molecular complexity index is 611. The van der Waals surface area contributed by atoms with E-state index in [0.29, 0.717) is 29.3 Å². The Balaban J connectivity index is 2.70. The third-order valence-corrected chi connectivity index (χ3v) is 2.86. The molecular weight excluding hydrogens is 298 g/mol. The Labute approximate surface area is 135 Å². The Morgan fingerprint density at radius 3 is 2.65 bits per heavy atom. The summed E-state index contributed by atoms with van der Waals surface area (Å²) in [6.07, 6.45) is 1.68. The number of nitrogens with zero attached hydrogens (tertiary/aromatic N) is 1. The van der Waals surface area contributed by atoms with Crippen molar-refractivity contribution in [3.8, 4) is 11.5 Å². The van der Waals surface area contributed by atoms with Gasteiger partial charge in [0.1, 0.15) is 11.5 Å². The summed E-state index contributed by atoms with van der Waals surface area (Å²) in [6, 6.07) is 4.83. The second-order valence-corrected chi connectivity index (χ2v) is 4.62. The number of hydrazone groups is 1. The molecule has 0 unspecified atom stereocenters. The number of nitrogens with one attached hydrogen (secondary N) is 2. The maximum absolute atomic E-state index is 12.1. The number of amides is 2. The number of benzene rings is 1. The van der Waals surface area contributed by atoms with Crippen LogP contribution < -0.4 is 20.2 Å². The molecule has 0 atom stereocenters. The first-order chi connectivity index (χ1) is 11.0. The molecule has 2 amide bonds. The zero-order valence-electron chi connectivity index (χ0n) is 13.5. The van der Waals surface area contributed by atoms with Crippen LogP contribution in [-0.4, -0.2) is 38.3 Å². The van der Waals surface area contributed by atoms with Gasteiger partial charge in [0.2, 0.25) is 5.91 Å². The van der Waals surface area contributed by atoms with Gasteiger partial charge in [-0.3, -0.25) is 9.59 Å². The van der Waals surface area contributed by atoms with Crippen LogP contribution in [0.1, 0.15) is 23.7 Å². The highest BCUT2D eigenvalue weighted by atomic mass is 16.5. The van der Waals surface area contributed by atoms with Gasteiger partial charge >= 0.3 is 0 Å². The van der Waals surface area contributed by atoms with E-state index in [1.54, 1.807) is 31.2 Å². The van der Waals surface area contributed by atoms with Gasteiger partial charge in [0, 0.05) is 18.3 Å². The lowest BCUT2D eigenvalue weighted by Gasteiger charge is -2.09. The van der Waals surface area contributed by atoms with Crippen LogP contribution in [0.2, 0.25) is 0 Å². The average Bonchev–Trinajstić information content (AvgIpc) is 2.57. The van der Waals surface area contributed by atoms with E-state index in [-0.39, 0.29) is 12.3 Å². The molecule has 1 rings (SSSR count). The molecule has 0 aliphatic carbocycles. The summed E-state index contributed by atoms with van der Waals surface area (Å²) in [5.74, 6) is 0.327. The minimum absolute atomic E-state index is 0.0911. The highest BCUT2D eigenvalue weighted by Crippen LogP contribution is 2.24. The predicted molar refractivity (Wildman–Crippen MR) is 87.9 cm³/mol. The van der Waals surface area contributed by atoms with Crippen LogP contribution in [0.5, 0.6) is 11.5 Å². The van der Waals surface area contributed by atoms with Crippen LogP contribution in [0.25, 0.3) is 0 Å². The summed E-state index contributed by atoms with van der Waals surface area (Å²) in [5.41, 5.74) is 3.20. The quantitative estimate of drug-likeness (QED) is 0.432. The van der Waals surface area contributed by atoms with Crippen molar-refractivity contribution in [2.75, 3.05) is 20.8 Å². The topological polar surface area (TPSA) is 89.0 Å². The molecule has 0 aliphatic rings. The lowest BCUT2D eigenvalue weighted by atomic mass is 10.2. The Morgan fingerprint density at radius 2 is 2.04 bits per heavy atom. The molecule has 7 heteroatoms. The SMILES string of the molecule is C=CCNC(=O)CC(C)=NNC(=O)c1ccc(OC)cc1OC. The largest absolute Gasteiger partial charge is 0.497 e. The summed E-state index contributed by atoms with van der Waals surface area (Å²) in [6.45, 7) is 5.55. The standard InChI is InChI=1S/C16H21N3O4/c1-5-8-17-15(20)9-11(2)18-19-16(21)13-7-6-12(22-3)10-14(13)23-4/h5-7,10H,1,8-9H2,2-4H3,(H,17,20)(H,19,21). The number of carbonyl (C=O) groups excluding carboxylic acids is 2. The number of hydrogen-bond donors (Lipinski definition) is 2. The second kappa shape index (κ2) is 9.24. The van der Waals surface area contributed by atoms with E-state index in [4.69, 9.17) is 9.47 Å². The zero-order valence-corrected chi connectivity index (χ0v) is 13.5. The maximum Gasteiger partial charge on any atom is 0.275 e. The molecule has 124 valence electrons. The molecule has 0 radical (unpaired) electrons. The molecule has 0 bridgehead atoms. The summed E-state index contributed by atoms with van der Waals surface area (Å²) in [7, 11) is 2.99. The second-order valence-electron chi connectivity index (χ2n) is 4.62. The molecule has 0 heterocycles. The van der Waals surface area contributed by atoms with Crippen molar-refractivity contribution in [2.45, 2.75) is 13.3 Å². The number of hydrogen-bond acceptors (Lipinski definition) is 5. The van der Waals surface area contributed by atoms with E-state index in [2.05, 4.69) is 22.4 Å². The van der Waals surface area contributed by atoms with Gasteiger partial charge < -0.3 is 14.8 Å². The van der Waals surface area contributed by atoms with Crippen molar-refractivity contribution in [2.24, 2.45) is 5.10 Å². The van der Waals surface area contributed by atoms with Gasteiger partial charge in [-0.05, 0) is 19.1 Å². The number of methoxy groups -OCH3 is 2. The van der Waals surface area contributed by atoms with Crippen LogP contribution in [0, 0.1) is 0 Å². The highest BCUT2D eigenvalue weighted by Gasteiger charge is 2.13. The van der Waals surface area contributed by atoms with E-state index in [1.165, 1.54) is 14.2 Å². The van der Waals surface area contributed by atoms with Crippen LogP contribution in [0.4, 0.5) is 0 Å². The lowest BCUT2D eigenvalue weighted by molar-refractivity contribution is -0.119. The summed E-state index contributed by atoms with van der Waals surface area (Å²) < 4.78 is 10.2. The van der Waals surface area contributed by atoms with Gasteiger partial charge in [0.15, 0.2) is 0 Å². The third kappa shape index (κ3) is 5.82. The molecule has 1 aromatic rings. The first-order valence-electron chi connectivity index (χ1n) is 6.95. The third-order valence-electron chi connectivity index (χ3n) is 2.86. The van der Waals surface area contributed by atoms with Crippen molar-refractivity contribution < 1.29 is 19.1 Å². The van der Waals surface area contributed by atoms with E-state index < -0.39 is 5.91 Å². The summed E-state index contributed by atoms with van der Waals surface area (Å²) >= 11 is 0. The Hall–Kier alpha value is -2.83. The van der Waals surface area contributed by atoms with Crippen molar-refractivity contribution in [1.29, 1.82) is 0 Å². The maximum atomic E-state index is 12.1. The Kier molecular flexibility index (Phi) is 7.32. The van der Waals surface area contributed by atoms with Crippen molar-refractivity contribution in [1.82, 2.24) is 10.7 Å². The van der Waals surface area contributed by atoms with Crippen LogP contribution >= 0.6 is 0 Å². The molecule has 0 saturated heterocycles. The molecule has 23 heavy (non-hydrogen) atoms. The molecular formula is C16H21N3O4. The van der Waals surface area contributed by atoms with E-state index in [1.807, 2.05) is 0 Å². The van der Waals surface area contributed by atoms with E-state index >= 15 is 0 Å². The van der Waals surface area contributed by atoms with Crippen LogP contribution in [0.3, 0.4) is 0 Å². The van der Waals surface area contributed by atoms with Gasteiger partial charge in [-0.25, -0.2) is 5.43 Å². The van der Waals surface area contributed by atoms with Crippen molar-refractivity contribution in [3.05, 3.63) is 36.4 Å². The lowest BCUT2D eigenvalue weighted by Crippen LogP contribution is -2.26. The molecule has 0 aliphatic heterocycles. The minimum atomic E-state index is -0.435. The van der Waals surface area contributed by atoms with Gasteiger partial charge in [-0.2, -0.15) is 5.10 Å². The van der Waals surface area contributed by atoms with Crippen molar-refractivity contribution in [3.63, 3.8) is 0 Å². The van der Waals surface area contributed by atoms with Gasteiger partial charge in [-0.15, -0.1) is 6.58 Å². The van der Waals surface area contributed by atoms with Gasteiger partial charge in [0.05, 0.1) is 26.2 Å². The fourth-order valence-corrected chi connectivity index (χ4v) is 1.71. The molecule has 0 spiro atoms. The predicted octanol–water partition coefficient (Wildman–Crippen LogP) is 1.50. The van der Waals surface area contributed by atoms with E-state index in [9.17, 15) is 9.59 Å². The Morgan fingerprint density at radius 1 is 1.30 bits per heavy atom. The van der Waals surface area contributed by atoms with E-state index in [0.717, 1.165) is 0 Å². The zero-order chi connectivity index (χ0) is 17.2. The molecule has 2 N–H and O–H groups in total. The molecule has 0 fully saturated rings. The number of rotatable bonds is 8. The normalized spacial score (nSPS) is 10.7. The fraction of sp³-hybridized carbons (Fsp3) is 0.312.